The zero-order valence-electron chi connectivity index (χ0n) is 9.41. The largest absolute Gasteiger partial charge is 0.396 e. The molecule has 0 aliphatic rings. The molecule has 0 heterocycles. The van der Waals surface area contributed by atoms with Crippen LogP contribution in [0.15, 0.2) is 18.2 Å². The van der Waals surface area contributed by atoms with Crippen molar-refractivity contribution in [3.8, 4) is 0 Å². The summed E-state index contributed by atoms with van der Waals surface area (Å²) >= 11 is 0. The number of nitrogen functional groups attached to an aromatic ring is 1. The first-order valence-electron chi connectivity index (χ1n) is 4.71. The third kappa shape index (κ3) is 2.63. The number of benzene rings is 1. The van der Waals surface area contributed by atoms with Crippen molar-refractivity contribution in [1.29, 1.82) is 0 Å². The van der Waals surface area contributed by atoms with Crippen LogP contribution in [0.25, 0.3) is 0 Å². The van der Waals surface area contributed by atoms with E-state index in [1.807, 2.05) is 0 Å². The fraction of sp³-hybridized carbons (Fsp3) is 0.400. The fourth-order valence-corrected chi connectivity index (χ4v) is 1.64. The van der Waals surface area contributed by atoms with Gasteiger partial charge in [0.25, 0.3) is 0 Å². The maximum atomic E-state index is 13.1. The summed E-state index contributed by atoms with van der Waals surface area (Å²) in [6.45, 7) is 4.68. The van der Waals surface area contributed by atoms with Crippen molar-refractivity contribution in [2.75, 3.05) is 10.5 Å². The molecule has 6 heteroatoms. The molecule has 0 amide bonds. The van der Waals surface area contributed by atoms with Crippen LogP contribution < -0.4 is 10.5 Å². The van der Waals surface area contributed by atoms with Crippen LogP contribution in [0.5, 0.6) is 0 Å². The number of nitrogens with two attached hydrogens (primary N) is 1. The van der Waals surface area contributed by atoms with Crippen molar-refractivity contribution in [1.82, 2.24) is 0 Å². The van der Waals surface area contributed by atoms with Crippen LogP contribution in [-0.2, 0) is 10.0 Å². The van der Waals surface area contributed by atoms with E-state index in [2.05, 4.69) is 4.72 Å². The normalized spacial score (nSPS) is 12.5. The summed E-state index contributed by atoms with van der Waals surface area (Å²) in [5.41, 5.74) is 5.44. The average molecular weight is 246 g/mol. The predicted octanol–water partition coefficient (Wildman–Crippen LogP) is 1.95. The number of hydrogen-bond donors (Lipinski definition) is 2. The Morgan fingerprint density at radius 2 is 1.88 bits per heavy atom. The molecule has 0 aliphatic carbocycles. The second kappa shape index (κ2) is 3.93. The molecule has 0 aliphatic heterocycles. The Balaban J connectivity index is 3.03. The monoisotopic (exact) mass is 246 g/mol. The number of sulfonamides is 1. The Bertz CT molecular complexity index is 492. The number of hydrogen-bond acceptors (Lipinski definition) is 3. The molecule has 0 aromatic heterocycles. The Kier molecular flexibility index (Phi) is 3.14. The van der Waals surface area contributed by atoms with Gasteiger partial charge >= 0.3 is 0 Å². The van der Waals surface area contributed by atoms with E-state index in [0.29, 0.717) is 0 Å². The maximum absolute atomic E-state index is 13.1. The third-order valence-electron chi connectivity index (χ3n) is 2.06. The quantitative estimate of drug-likeness (QED) is 0.783. The summed E-state index contributed by atoms with van der Waals surface area (Å²) in [6, 6.07) is 3.79. The molecule has 90 valence electrons. The molecule has 0 spiro atoms. The van der Waals surface area contributed by atoms with Crippen LogP contribution >= 0.6 is 0 Å². The number of rotatable bonds is 2. The van der Waals surface area contributed by atoms with Crippen molar-refractivity contribution in [2.45, 2.75) is 25.5 Å². The Morgan fingerprint density at radius 1 is 1.31 bits per heavy atom. The molecule has 16 heavy (non-hydrogen) atoms. The van der Waals surface area contributed by atoms with E-state index >= 15 is 0 Å². The summed E-state index contributed by atoms with van der Waals surface area (Å²) in [5.74, 6) is -0.644. The van der Waals surface area contributed by atoms with Crippen molar-refractivity contribution in [2.24, 2.45) is 0 Å². The minimum atomic E-state index is -3.54. The number of nitrogens with one attached hydrogen (secondary N) is 1. The van der Waals surface area contributed by atoms with Gasteiger partial charge in [0, 0.05) is 6.07 Å². The van der Waals surface area contributed by atoms with Crippen LogP contribution in [0.4, 0.5) is 15.8 Å². The van der Waals surface area contributed by atoms with Gasteiger partial charge in [0.15, 0.2) is 0 Å². The molecule has 1 aromatic carbocycles. The second-order valence-corrected chi connectivity index (χ2v) is 6.89. The van der Waals surface area contributed by atoms with E-state index in [1.165, 1.54) is 12.1 Å². The molecule has 0 bridgehead atoms. The van der Waals surface area contributed by atoms with Gasteiger partial charge in [-0.3, -0.25) is 4.72 Å². The molecule has 0 atom stereocenters. The fourth-order valence-electron chi connectivity index (χ4n) is 0.899. The van der Waals surface area contributed by atoms with Gasteiger partial charge in [0.05, 0.1) is 16.1 Å². The first kappa shape index (κ1) is 12.8. The lowest BCUT2D eigenvalue weighted by atomic mass is 10.3. The predicted molar refractivity (Wildman–Crippen MR) is 63.1 cm³/mol. The Morgan fingerprint density at radius 3 is 2.31 bits per heavy atom. The number of anilines is 2. The molecule has 0 saturated carbocycles. The summed E-state index contributed by atoms with van der Waals surface area (Å²) < 4.78 is 37.9. The van der Waals surface area contributed by atoms with Gasteiger partial charge in [0.2, 0.25) is 10.0 Å². The van der Waals surface area contributed by atoms with E-state index in [-0.39, 0.29) is 11.4 Å². The second-order valence-electron chi connectivity index (χ2n) is 4.45. The molecule has 4 nitrogen and oxygen atoms in total. The van der Waals surface area contributed by atoms with Gasteiger partial charge in [-0.2, -0.15) is 0 Å². The van der Waals surface area contributed by atoms with E-state index in [0.717, 1.165) is 6.07 Å². The lowest BCUT2D eigenvalue weighted by Crippen LogP contribution is -2.33. The SMILES string of the molecule is CC(C)(C)S(=O)(=O)Nc1ccc(N)c(F)c1. The van der Waals surface area contributed by atoms with Crippen molar-refractivity contribution < 1.29 is 12.8 Å². The minimum Gasteiger partial charge on any atom is -0.396 e. The van der Waals surface area contributed by atoms with Crippen LogP contribution in [0.3, 0.4) is 0 Å². The van der Waals surface area contributed by atoms with Crippen LogP contribution in [-0.4, -0.2) is 13.2 Å². The average Bonchev–Trinajstić information content (AvgIpc) is 2.09. The van der Waals surface area contributed by atoms with Crippen LogP contribution in [0, 0.1) is 5.82 Å². The van der Waals surface area contributed by atoms with E-state index in [1.54, 1.807) is 20.8 Å². The summed E-state index contributed by atoms with van der Waals surface area (Å²) in [6.07, 6.45) is 0. The molecule has 1 rings (SSSR count). The van der Waals surface area contributed by atoms with Gasteiger partial charge in [-0.25, -0.2) is 12.8 Å². The first-order chi connectivity index (χ1) is 7.13. The van der Waals surface area contributed by atoms with Gasteiger partial charge in [0.1, 0.15) is 5.82 Å². The third-order valence-corrected chi connectivity index (χ3v) is 4.18. The zero-order valence-corrected chi connectivity index (χ0v) is 10.2. The highest BCUT2D eigenvalue weighted by atomic mass is 32.2. The molecular weight excluding hydrogens is 231 g/mol. The van der Waals surface area contributed by atoms with Crippen molar-refractivity contribution in [3.63, 3.8) is 0 Å². The molecule has 0 fully saturated rings. The van der Waals surface area contributed by atoms with Gasteiger partial charge in [-0.05, 0) is 32.9 Å². The van der Waals surface area contributed by atoms with Crippen LogP contribution in [0.1, 0.15) is 20.8 Å². The summed E-state index contributed by atoms with van der Waals surface area (Å²) in [5, 5.41) is 0. The van der Waals surface area contributed by atoms with Crippen molar-refractivity contribution >= 4 is 21.4 Å². The van der Waals surface area contributed by atoms with Gasteiger partial charge < -0.3 is 5.73 Å². The summed E-state index contributed by atoms with van der Waals surface area (Å²) in [4.78, 5) is 0. The highest BCUT2D eigenvalue weighted by molar-refractivity contribution is 7.94. The highest BCUT2D eigenvalue weighted by Gasteiger charge is 2.28. The maximum Gasteiger partial charge on any atom is 0.237 e. The lowest BCUT2D eigenvalue weighted by Gasteiger charge is -2.20. The highest BCUT2D eigenvalue weighted by Crippen LogP contribution is 2.21. The standard InChI is InChI=1S/C10H15FN2O2S/c1-10(2,3)16(14,15)13-7-4-5-9(12)8(11)6-7/h4-6,13H,12H2,1-3H3. The smallest absolute Gasteiger partial charge is 0.237 e. The zero-order chi connectivity index (χ0) is 12.6. The topological polar surface area (TPSA) is 72.2 Å². The summed E-state index contributed by atoms with van der Waals surface area (Å²) in [7, 11) is -3.54. The van der Waals surface area contributed by atoms with Gasteiger partial charge in [-0.1, -0.05) is 0 Å². The molecular formula is C10H15FN2O2S. The lowest BCUT2D eigenvalue weighted by molar-refractivity contribution is 0.566. The Hall–Kier alpha value is -1.30. The molecule has 1 aromatic rings. The molecule has 0 radical (unpaired) electrons. The first-order valence-corrected chi connectivity index (χ1v) is 6.19. The Labute approximate surface area is 94.7 Å². The van der Waals surface area contributed by atoms with Crippen LogP contribution in [0.2, 0.25) is 0 Å². The molecule has 0 unspecified atom stereocenters. The molecule has 3 N–H and O–H groups in total. The van der Waals surface area contributed by atoms with E-state index in [9.17, 15) is 12.8 Å². The van der Waals surface area contributed by atoms with Crippen molar-refractivity contribution in [3.05, 3.63) is 24.0 Å². The molecule has 0 saturated heterocycles. The minimum absolute atomic E-state index is 0.0151. The van der Waals surface area contributed by atoms with Gasteiger partial charge in [-0.15, -0.1) is 0 Å². The van der Waals surface area contributed by atoms with E-state index < -0.39 is 20.6 Å². The number of halogens is 1. The van der Waals surface area contributed by atoms with E-state index in [4.69, 9.17) is 5.73 Å².